The van der Waals surface area contributed by atoms with Gasteiger partial charge < -0.3 is 5.32 Å². The number of nitro groups is 1. The van der Waals surface area contributed by atoms with Crippen molar-refractivity contribution in [3.63, 3.8) is 0 Å². The van der Waals surface area contributed by atoms with Gasteiger partial charge in [-0.15, -0.1) is 0 Å². The highest BCUT2D eigenvalue weighted by Crippen LogP contribution is 2.32. The van der Waals surface area contributed by atoms with E-state index in [1.165, 1.54) is 60.9 Å². The van der Waals surface area contributed by atoms with Gasteiger partial charge in [-0.05, 0) is 36.4 Å². The van der Waals surface area contributed by atoms with Crippen LogP contribution < -0.4 is 14.9 Å². The number of carbonyl (C=O) groups excluding carboxylic acids is 2. The molecule has 0 aliphatic carbocycles. The number of nitrogens with one attached hydrogen (secondary N) is 2. The molecule has 0 unspecified atom stereocenters. The number of halogens is 1. The monoisotopic (exact) mass is 500 g/mol. The summed E-state index contributed by atoms with van der Waals surface area (Å²) in [5, 5.41) is 13.3. The maximum absolute atomic E-state index is 12.9. The number of benzene rings is 2. The van der Waals surface area contributed by atoms with Gasteiger partial charge >= 0.3 is 0 Å². The number of hydrogen-bond acceptors (Lipinski definition) is 9. The van der Waals surface area contributed by atoms with E-state index in [0.717, 1.165) is 6.07 Å². The van der Waals surface area contributed by atoms with Crippen molar-refractivity contribution in [2.45, 2.75) is 4.90 Å². The van der Waals surface area contributed by atoms with Crippen LogP contribution in [0.5, 0.6) is 0 Å². The van der Waals surface area contributed by atoms with Crippen LogP contribution in [0.15, 0.2) is 82.6 Å². The first kappa shape index (κ1) is 22.8. The molecule has 4 rings (SSSR count). The number of nitrogens with zero attached hydrogens (tertiary/aromatic N) is 4. The second kappa shape index (κ2) is 8.88. The summed E-state index contributed by atoms with van der Waals surface area (Å²) in [5.41, 5.74) is -0.313. The summed E-state index contributed by atoms with van der Waals surface area (Å²) in [4.78, 5) is 44.0. The predicted octanol–water partition coefficient (Wildman–Crippen LogP) is 2.62. The number of sulfonamides is 1. The topological polar surface area (TPSA) is 164 Å². The minimum atomic E-state index is -3.97. The molecule has 0 spiro atoms. The Morgan fingerprint density at radius 3 is 2.29 bits per heavy atom. The summed E-state index contributed by atoms with van der Waals surface area (Å²) in [5.74, 6) is -1.78. The fraction of sp³-hybridized carbons (Fsp3) is 0. The molecule has 0 fully saturated rings. The van der Waals surface area contributed by atoms with Crippen molar-refractivity contribution in [2.24, 2.45) is 0 Å². The zero-order valence-corrected chi connectivity index (χ0v) is 18.4. The van der Waals surface area contributed by atoms with Gasteiger partial charge in [-0.1, -0.05) is 17.7 Å². The highest BCUT2D eigenvalue weighted by atomic mass is 35.5. The predicted molar refractivity (Wildman–Crippen MR) is 121 cm³/mol. The quantitative estimate of drug-likeness (QED) is 0.281. The van der Waals surface area contributed by atoms with Crippen molar-refractivity contribution in [1.29, 1.82) is 0 Å². The minimum absolute atomic E-state index is 0.0187. The molecule has 1 aliphatic rings. The van der Waals surface area contributed by atoms with Crippen molar-refractivity contribution in [1.82, 2.24) is 9.97 Å². The molecule has 172 valence electrons. The van der Waals surface area contributed by atoms with Gasteiger partial charge in [0, 0.05) is 30.2 Å². The highest BCUT2D eigenvalue weighted by Gasteiger charge is 2.39. The van der Waals surface area contributed by atoms with Crippen LogP contribution in [0.3, 0.4) is 0 Å². The van der Waals surface area contributed by atoms with Gasteiger partial charge in [0.2, 0.25) is 5.95 Å². The van der Waals surface area contributed by atoms with Crippen LogP contribution in [0.25, 0.3) is 0 Å². The van der Waals surface area contributed by atoms with Crippen LogP contribution in [0.2, 0.25) is 0 Å². The first-order chi connectivity index (χ1) is 16.2. The Morgan fingerprint density at radius 2 is 1.65 bits per heavy atom. The number of imide groups is 1. The highest BCUT2D eigenvalue weighted by molar-refractivity contribution is 7.92. The lowest BCUT2D eigenvalue weighted by Gasteiger charge is -2.15. The van der Waals surface area contributed by atoms with Crippen LogP contribution in [0, 0.1) is 10.1 Å². The van der Waals surface area contributed by atoms with Crippen LogP contribution in [-0.4, -0.2) is 35.1 Å². The van der Waals surface area contributed by atoms with Crippen LogP contribution in [-0.2, 0) is 19.6 Å². The molecule has 2 aromatic carbocycles. The number of nitro benzene ring substituents is 1. The summed E-state index contributed by atoms with van der Waals surface area (Å²) < 4.78 is 27.2. The standard InChI is InChI=1S/C20H13ClN6O6S/c21-16-17(19(29)26(18(16)28)13-3-1-4-14(11-13)27(30)31)24-12-5-7-15(8-6-12)34(32,33)25-20-22-9-2-10-23-20/h1-11,24H,(H,22,23,25). The van der Waals surface area contributed by atoms with Crippen molar-refractivity contribution in [3.8, 4) is 0 Å². The maximum atomic E-state index is 12.9. The second-order valence-corrected chi connectivity index (χ2v) is 8.80. The van der Waals surface area contributed by atoms with Crippen LogP contribution >= 0.6 is 11.6 Å². The second-order valence-electron chi connectivity index (χ2n) is 6.74. The summed E-state index contributed by atoms with van der Waals surface area (Å²) >= 11 is 6.07. The largest absolute Gasteiger partial charge is 0.350 e. The number of hydrogen-bond donors (Lipinski definition) is 2. The van der Waals surface area contributed by atoms with E-state index in [9.17, 15) is 28.1 Å². The Hall–Kier alpha value is -4.36. The van der Waals surface area contributed by atoms with Gasteiger partial charge in [0.25, 0.3) is 27.5 Å². The molecule has 12 nitrogen and oxygen atoms in total. The lowest BCUT2D eigenvalue weighted by Crippen LogP contribution is -2.32. The van der Waals surface area contributed by atoms with E-state index in [1.807, 2.05) is 0 Å². The minimum Gasteiger partial charge on any atom is -0.350 e. The van der Waals surface area contributed by atoms with Gasteiger partial charge in [-0.2, -0.15) is 0 Å². The molecular formula is C20H13ClN6O6S. The third kappa shape index (κ3) is 4.42. The van der Waals surface area contributed by atoms with Crippen molar-refractivity contribution < 1.29 is 22.9 Å². The van der Waals surface area contributed by atoms with E-state index < -0.39 is 31.8 Å². The normalized spacial score (nSPS) is 13.9. The van der Waals surface area contributed by atoms with Gasteiger partial charge in [0.1, 0.15) is 10.7 Å². The molecule has 0 radical (unpaired) electrons. The molecule has 3 aromatic rings. The lowest BCUT2D eigenvalue weighted by atomic mass is 10.2. The Bertz CT molecular complexity index is 1440. The number of anilines is 3. The smallest absolute Gasteiger partial charge is 0.283 e. The molecule has 1 aliphatic heterocycles. The van der Waals surface area contributed by atoms with E-state index in [4.69, 9.17) is 11.6 Å². The van der Waals surface area contributed by atoms with Crippen molar-refractivity contribution in [2.75, 3.05) is 14.9 Å². The van der Waals surface area contributed by atoms with Crippen LogP contribution in [0.1, 0.15) is 0 Å². The Labute approximate surface area is 197 Å². The number of carbonyl (C=O) groups is 2. The molecule has 0 saturated heterocycles. The van der Waals surface area contributed by atoms with E-state index >= 15 is 0 Å². The SMILES string of the molecule is O=C1C(Cl)=C(Nc2ccc(S(=O)(=O)Nc3ncccn3)cc2)C(=O)N1c1cccc([N+](=O)[O-])c1. The maximum Gasteiger partial charge on any atom is 0.283 e. The van der Waals surface area contributed by atoms with Gasteiger partial charge in [0.15, 0.2) is 0 Å². The number of aromatic nitrogens is 2. The summed E-state index contributed by atoms with van der Waals surface area (Å²) in [6.45, 7) is 0. The number of amides is 2. The lowest BCUT2D eigenvalue weighted by molar-refractivity contribution is -0.384. The fourth-order valence-electron chi connectivity index (χ4n) is 2.98. The molecule has 0 bridgehead atoms. The molecule has 2 heterocycles. The van der Waals surface area contributed by atoms with E-state index in [1.54, 1.807) is 0 Å². The molecular weight excluding hydrogens is 488 g/mol. The summed E-state index contributed by atoms with van der Waals surface area (Å²) in [7, 11) is -3.97. The Kier molecular flexibility index (Phi) is 5.96. The third-order valence-electron chi connectivity index (χ3n) is 4.55. The fourth-order valence-corrected chi connectivity index (χ4v) is 4.15. The van der Waals surface area contributed by atoms with Crippen LogP contribution in [0.4, 0.5) is 23.0 Å². The molecule has 2 N–H and O–H groups in total. The average molecular weight is 501 g/mol. The summed E-state index contributed by atoms with van der Waals surface area (Å²) in [6.07, 6.45) is 2.76. The molecule has 0 saturated carbocycles. The molecule has 1 aromatic heterocycles. The van der Waals surface area contributed by atoms with Gasteiger partial charge in [0.05, 0.1) is 15.5 Å². The number of non-ortho nitro benzene ring substituents is 1. The number of rotatable bonds is 7. The average Bonchev–Trinajstić information content (AvgIpc) is 3.03. The first-order valence-corrected chi connectivity index (χ1v) is 11.2. The van der Waals surface area contributed by atoms with Gasteiger partial charge in [-0.25, -0.2) is 28.0 Å². The van der Waals surface area contributed by atoms with Crippen molar-refractivity contribution >= 4 is 56.4 Å². The molecule has 14 heteroatoms. The van der Waals surface area contributed by atoms with E-state index in [-0.39, 0.29) is 33.6 Å². The van der Waals surface area contributed by atoms with Gasteiger partial charge in [-0.3, -0.25) is 19.7 Å². The molecule has 2 amide bonds. The Balaban J connectivity index is 1.53. The Morgan fingerprint density at radius 1 is 0.971 bits per heavy atom. The zero-order chi connectivity index (χ0) is 24.5. The van der Waals surface area contributed by atoms with E-state index in [0.29, 0.717) is 4.90 Å². The third-order valence-corrected chi connectivity index (χ3v) is 6.25. The summed E-state index contributed by atoms with van der Waals surface area (Å²) in [6, 6.07) is 11.8. The zero-order valence-electron chi connectivity index (χ0n) is 16.9. The first-order valence-electron chi connectivity index (χ1n) is 9.37. The van der Waals surface area contributed by atoms with E-state index in [2.05, 4.69) is 20.0 Å². The van der Waals surface area contributed by atoms with Crippen molar-refractivity contribution in [3.05, 3.63) is 87.8 Å². The molecule has 0 atom stereocenters. The molecule has 34 heavy (non-hydrogen) atoms.